The Balaban J connectivity index is 1.70. The maximum absolute atomic E-state index is 4.53. The van der Waals surface area contributed by atoms with E-state index < -0.39 is 8.80 Å². The van der Waals surface area contributed by atoms with E-state index in [1.165, 1.54) is 32.3 Å². The second-order valence-electron chi connectivity index (χ2n) is 6.53. The molecule has 0 heterocycles. The summed E-state index contributed by atoms with van der Waals surface area (Å²) in [6, 6.07) is 40.9. The first-order valence-electron chi connectivity index (χ1n) is 9.16. The number of rotatable bonds is 5. The van der Waals surface area contributed by atoms with Crippen molar-refractivity contribution in [3.8, 4) is 11.1 Å². The first-order chi connectivity index (χ1) is 13.3. The van der Waals surface area contributed by atoms with Gasteiger partial charge < -0.3 is 0 Å². The highest BCUT2D eigenvalue weighted by atomic mass is 28.3. The van der Waals surface area contributed by atoms with Crippen LogP contribution in [0.4, 0.5) is 0 Å². The number of hydrogen-bond donors (Lipinski definition) is 0. The van der Waals surface area contributed by atoms with Gasteiger partial charge in [-0.1, -0.05) is 137 Å². The second-order valence-corrected chi connectivity index (χ2v) is 9.04. The van der Waals surface area contributed by atoms with Crippen molar-refractivity contribution in [2.75, 3.05) is 0 Å². The Morgan fingerprint density at radius 2 is 0.889 bits per heavy atom. The summed E-state index contributed by atoms with van der Waals surface area (Å²) in [5.74, 6) is 0. The third-order valence-electron chi connectivity index (χ3n) is 4.77. The third-order valence-corrected chi connectivity index (χ3v) is 7.48. The highest BCUT2D eigenvalue weighted by Gasteiger charge is 2.21. The monoisotopic (exact) mass is 361 g/mol. The highest BCUT2D eigenvalue weighted by Crippen LogP contribution is 2.23. The van der Waals surface area contributed by atoms with Gasteiger partial charge in [-0.15, -0.1) is 0 Å². The Hall–Kier alpha value is -3.16. The quantitative estimate of drug-likeness (QED) is 0.428. The predicted octanol–water partition coefficient (Wildman–Crippen LogP) is 5.22. The lowest BCUT2D eigenvalue weighted by Crippen LogP contribution is -2.43. The summed E-state index contributed by atoms with van der Waals surface area (Å²) in [6.07, 6.45) is 0. The Morgan fingerprint density at radius 1 is 0.481 bits per heavy atom. The maximum Gasteiger partial charge on any atom is 0.154 e. The van der Waals surface area contributed by atoms with E-state index in [1.807, 2.05) is 6.07 Å². The molecule has 0 nitrogen and oxygen atoms in total. The van der Waals surface area contributed by atoms with Crippen LogP contribution < -0.4 is 10.4 Å². The van der Waals surface area contributed by atoms with Crippen molar-refractivity contribution >= 4 is 24.4 Å². The van der Waals surface area contributed by atoms with Crippen LogP contribution in [0.5, 0.6) is 0 Å². The van der Waals surface area contributed by atoms with Crippen molar-refractivity contribution in [2.45, 2.75) is 0 Å². The maximum atomic E-state index is 4.53. The molecule has 0 N–H and O–H groups in total. The zero-order valence-electron chi connectivity index (χ0n) is 15.2. The van der Waals surface area contributed by atoms with Gasteiger partial charge in [-0.05, 0) is 16.7 Å². The summed E-state index contributed by atoms with van der Waals surface area (Å²) in [5.41, 5.74) is 3.70. The van der Waals surface area contributed by atoms with Crippen molar-refractivity contribution < 1.29 is 0 Å². The van der Waals surface area contributed by atoms with Crippen LogP contribution in [0.1, 0.15) is 5.56 Å². The van der Waals surface area contributed by atoms with E-state index in [9.17, 15) is 0 Å². The van der Waals surface area contributed by atoms with E-state index in [2.05, 4.69) is 116 Å². The summed E-state index contributed by atoms with van der Waals surface area (Å²) in [5, 5.41) is 3.95. The molecule has 0 atom stereocenters. The van der Waals surface area contributed by atoms with Crippen LogP contribution in [0, 0.1) is 0 Å². The van der Waals surface area contributed by atoms with E-state index in [0.29, 0.717) is 0 Å². The normalized spacial score (nSPS) is 10.7. The lowest BCUT2D eigenvalue weighted by atomic mass is 10.0. The van der Waals surface area contributed by atoms with Gasteiger partial charge in [0.2, 0.25) is 0 Å². The minimum atomic E-state index is -1.10. The van der Waals surface area contributed by atoms with E-state index in [-0.39, 0.29) is 0 Å². The molecule has 0 aliphatic carbocycles. The zero-order chi connectivity index (χ0) is 18.5. The van der Waals surface area contributed by atoms with E-state index in [1.54, 1.807) is 0 Å². The molecule has 0 spiro atoms. The summed E-state index contributed by atoms with van der Waals surface area (Å²) < 4.78 is 0. The molecule has 129 valence electrons. The largest absolute Gasteiger partial charge is 0.154 e. The molecule has 4 aromatic rings. The molecule has 4 aromatic carbocycles. The fourth-order valence-corrected chi connectivity index (χ4v) is 5.90. The van der Waals surface area contributed by atoms with Gasteiger partial charge in [-0.25, -0.2) is 0 Å². The molecule has 1 radical (unpaired) electrons. The molecule has 0 fully saturated rings. The van der Waals surface area contributed by atoms with Crippen molar-refractivity contribution in [2.24, 2.45) is 0 Å². The number of benzene rings is 4. The molecule has 4 rings (SSSR count). The summed E-state index contributed by atoms with van der Waals surface area (Å²) in [6.45, 7) is 4.53. The van der Waals surface area contributed by atoms with Gasteiger partial charge in [-0.2, -0.15) is 0 Å². The first-order valence-corrected chi connectivity index (χ1v) is 10.7. The lowest BCUT2D eigenvalue weighted by molar-refractivity contribution is 1.59. The molecule has 27 heavy (non-hydrogen) atoms. The summed E-state index contributed by atoms with van der Waals surface area (Å²) in [4.78, 5) is 0. The standard InChI is InChI=1S/C26H21Si/c1-21(22-17-19-24(20-18-22)23-11-5-2-6-12-23)27(25-13-7-3-8-14-25)26-15-9-4-10-16-26/h2-20H,1H2. The summed E-state index contributed by atoms with van der Waals surface area (Å²) in [7, 11) is -1.10. The van der Waals surface area contributed by atoms with Gasteiger partial charge in [0, 0.05) is 0 Å². The molecule has 0 amide bonds. The summed E-state index contributed by atoms with van der Waals surface area (Å²) >= 11 is 0. The second kappa shape index (κ2) is 8.03. The van der Waals surface area contributed by atoms with Crippen LogP contribution >= 0.6 is 0 Å². The number of hydrogen-bond acceptors (Lipinski definition) is 0. The van der Waals surface area contributed by atoms with Crippen LogP contribution in [0.25, 0.3) is 16.3 Å². The van der Waals surface area contributed by atoms with Crippen molar-refractivity contribution in [3.63, 3.8) is 0 Å². The van der Waals surface area contributed by atoms with Crippen LogP contribution in [-0.4, -0.2) is 8.80 Å². The first kappa shape index (κ1) is 17.3. The average molecular weight is 362 g/mol. The van der Waals surface area contributed by atoms with Gasteiger partial charge in [0.1, 0.15) is 0 Å². The molecule has 0 unspecified atom stereocenters. The Bertz CT molecular complexity index is 965. The molecule has 0 saturated heterocycles. The van der Waals surface area contributed by atoms with Gasteiger partial charge in [-0.3, -0.25) is 0 Å². The van der Waals surface area contributed by atoms with Crippen molar-refractivity contribution in [1.82, 2.24) is 0 Å². The molecule has 0 aromatic heterocycles. The SMILES string of the molecule is C=C(c1ccc(-c2ccccc2)cc1)[Si](c1ccccc1)c1ccccc1. The fraction of sp³-hybridized carbons (Fsp3) is 0. The lowest BCUT2D eigenvalue weighted by Gasteiger charge is -2.19. The Kier molecular flexibility index (Phi) is 5.13. The van der Waals surface area contributed by atoms with Gasteiger partial charge in [0.15, 0.2) is 8.80 Å². The molecule has 0 saturated carbocycles. The minimum Gasteiger partial charge on any atom is -0.0986 e. The van der Waals surface area contributed by atoms with Crippen LogP contribution in [0.3, 0.4) is 0 Å². The highest BCUT2D eigenvalue weighted by molar-refractivity contribution is 6.99. The van der Waals surface area contributed by atoms with Crippen LogP contribution in [-0.2, 0) is 0 Å². The van der Waals surface area contributed by atoms with E-state index in [0.717, 1.165) is 0 Å². The molecule has 1 heteroatoms. The van der Waals surface area contributed by atoms with Crippen molar-refractivity contribution in [1.29, 1.82) is 0 Å². The van der Waals surface area contributed by atoms with Crippen LogP contribution in [0.15, 0.2) is 122 Å². The zero-order valence-corrected chi connectivity index (χ0v) is 16.2. The Labute approximate surface area is 163 Å². The average Bonchev–Trinajstić information content (AvgIpc) is 2.76. The van der Waals surface area contributed by atoms with Gasteiger partial charge in [0.25, 0.3) is 0 Å². The topological polar surface area (TPSA) is 0 Å². The van der Waals surface area contributed by atoms with Gasteiger partial charge in [0.05, 0.1) is 0 Å². The smallest absolute Gasteiger partial charge is 0.0986 e. The molecule has 0 aliphatic rings. The van der Waals surface area contributed by atoms with E-state index in [4.69, 9.17) is 0 Å². The third kappa shape index (κ3) is 3.84. The fourth-order valence-electron chi connectivity index (χ4n) is 3.36. The predicted molar refractivity (Wildman–Crippen MR) is 119 cm³/mol. The van der Waals surface area contributed by atoms with Crippen molar-refractivity contribution in [3.05, 3.63) is 127 Å². The molecule has 0 aliphatic heterocycles. The van der Waals surface area contributed by atoms with Crippen LogP contribution in [0.2, 0.25) is 0 Å². The van der Waals surface area contributed by atoms with Gasteiger partial charge >= 0.3 is 0 Å². The minimum absolute atomic E-state index is 1.10. The Morgan fingerprint density at radius 3 is 1.37 bits per heavy atom. The molecular formula is C26H21Si. The molecule has 0 bridgehead atoms. The molecular weight excluding hydrogens is 340 g/mol. The van der Waals surface area contributed by atoms with E-state index >= 15 is 0 Å².